The van der Waals surface area contributed by atoms with Crippen LogP contribution in [0.4, 0.5) is 0 Å². The van der Waals surface area contributed by atoms with Gasteiger partial charge in [0.25, 0.3) is 0 Å². The summed E-state index contributed by atoms with van der Waals surface area (Å²) in [6.45, 7) is 7.18. The second kappa shape index (κ2) is 6.28. The molecule has 1 heterocycles. The Kier molecular flexibility index (Phi) is 4.88. The minimum Gasteiger partial charge on any atom is -0.464 e. The summed E-state index contributed by atoms with van der Waals surface area (Å²) < 4.78 is 33.0. The smallest absolute Gasteiger partial charge is 0.244 e. The van der Waals surface area contributed by atoms with Crippen molar-refractivity contribution in [2.24, 2.45) is 5.92 Å². The Morgan fingerprint density at radius 3 is 2.80 bits per heavy atom. The van der Waals surface area contributed by atoms with Gasteiger partial charge in [-0.1, -0.05) is 20.3 Å². The lowest BCUT2D eigenvalue weighted by Gasteiger charge is -2.04. The lowest BCUT2D eigenvalue weighted by atomic mass is 10.2. The van der Waals surface area contributed by atoms with E-state index in [1.807, 2.05) is 6.92 Å². The minimum atomic E-state index is -3.45. The molecule has 114 valence electrons. The molecular weight excluding hydrogens is 276 g/mol. The van der Waals surface area contributed by atoms with Gasteiger partial charge in [-0.15, -0.1) is 0 Å². The van der Waals surface area contributed by atoms with Crippen molar-refractivity contribution in [1.29, 1.82) is 0 Å². The largest absolute Gasteiger partial charge is 0.464 e. The van der Waals surface area contributed by atoms with E-state index in [0.717, 1.165) is 25.8 Å². The van der Waals surface area contributed by atoms with Crippen molar-refractivity contribution < 1.29 is 12.8 Å². The van der Waals surface area contributed by atoms with Crippen LogP contribution >= 0.6 is 0 Å². The molecule has 0 aliphatic heterocycles. The minimum absolute atomic E-state index is 0.103. The highest BCUT2D eigenvalue weighted by Crippen LogP contribution is 2.36. The van der Waals surface area contributed by atoms with Crippen LogP contribution in [0.5, 0.6) is 0 Å². The van der Waals surface area contributed by atoms with Crippen LogP contribution in [-0.2, 0) is 16.6 Å². The van der Waals surface area contributed by atoms with Crippen molar-refractivity contribution in [2.75, 3.05) is 6.54 Å². The monoisotopic (exact) mass is 300 g/mol. The van der Waals surface area contributed by atoms with Gasteiger partial charge in [-0.05, 0) is 32.2 Å². The molecule has 2 N–H and O–H groups in total. The molecular formula is C14H24N2O3S. The fourth-order valence-corrected chi connectivity index (χ4v) is 3.99. The summed E-state index contributed by atoms with van der Waals surface area (Å²) >= 11 is 0. The van der Waals surface area contributed by atoms with E-state index in [1.165, 1.54) is 0 Å². The standard InChI is InChI=1S/C14H24N2O3S/c1-4-6-11-7-13(11)16-20(17,18)14-8-12(9-15-5-2)19-10(14)3/h8,11,13,15-16H,4-7,9H2,1-3H3. The first kappa shape index (κ1) is 15.5. The molecule has 0 spiro atoms. The van der Waals surface area contributed by atoms with E-state index in [1.54, 1.807) is 13.0 Å². The molecule has 0 radical (unpaired) electrons. The normalized spacial score (nSPS) is 22.1. The van der Waals surface area contributed by atoms with E-state index in [9.17, 15) is 8.42 Å². The van der Waals surface area contributed by atoms with Crippen LogP contribution in [-0.4, -0.2) is 21.0 Å². The zero-order chi connectivity index (χ0) is 14.8. The van der Waals surface area contributed by atoms with Gasteiger partial charge in [-0.25, -0.2) is 13.1 Å². The van der Waals surface area contributed by atoms with Crippen LogP contribution in [0.15, 0.2) is 15.4 Å². The highest BCUT2D eigenvalue weighted by molar-refractivity contribution is 7.89. The predicted octanol–water partition coefficient (Wildman–Crippen LogP) is 2.16. The SMILES string of the molecule is CCCC1CC1NS(=O)(=O)c1cc(CNCC)oc1C. The Hall–Kier alpha value is -0.850. The average Bonchev–Trinajstić information content (AvgIpc) is 2.96. The van der Waals surface area contributed by atoms with Crippen molar-refractivity contribution in [3.05, 3.63) is 17.6 Å². The Bertz CT molecular complexity index is 551. The van der Waals surface area contributed by atoms with E-state index >= 15 is 0 Å². The van der Waals surface area contributed by atoms with E-state index in [0.29, 0.717) is 24.0 Å². The number of hydrogen-bond donors (Lipinski definition) is 2. The maximum absolute atomic E-state index is 12.3. The van der Waals surface area contributed by atoms with Gasteiger partial charge in [0, 0.05) is 12.1 Å². The van der Waals surface area contributed by atoms with Crippen molar-refractivity contribution in [3.63, 3.8) is 0 Å². The van der Waals surface area contributed by atoms with Gasteiger partial charge in [0.05, 0.1) is 6.54 Å². The molecule has 2 atom stereocenters. The molecule has 1 saturated carbocycles. The predicted molar refractivity (Wildman–Crippen MR) is 78.0 cm³/mol. The molecule has 0 aromatic carbocycles. The Labute approximate surface area is 121 Å². The number of hydrogen-bond acceptors (Lipinski definition) is 4. The number of sulfonamides is 1. The molecule has 0 saturated heterocycles. The Balaban J connectivity index is 2.04. The Morgan fingerprint density at radius 1 is 1.40 bits per heavy atom. The van der Waals surface area contributed by atoms with Crippen molar-refractivity contribution in [1.82, 2.24) is 10.0 Å². The average molecular weight is 300 g/mol. The third kappa shape index (κ3) is 3.62. The number of furan rings is 1. The van der Waals surface area contributed by atoms with Gasteiger partial charge in [0.15, 0.2) is 0 Å². The van der Waals surface area contributed by atoms with Gasteiger partial charge < -0.3 is 9.73 Å². The first-order valence-corrected chi connectivity index (χ1v) is 8.78. The summed E-state index contributed by atoms with van der Waals surface area (Å²) in [7, 11) is -3.45. The molecule has 0 bridgehead atoms. The molecule has 1 aromatic heterocycles. The van der Waals surface area contributed by atoms with Crippen LogP contribution in [0.1, 0.15) is 44.6 Å². The summed E-state index contributed by atoms with van der Waals surface area (Å²) in [4.78, 5) is 0.271. The summed E-state index contributed by atoms with van der Waals surface area (Å²) in [5, 5.41) is 3.12. The molecule has 1 aliphatic rings. The Morgan fingerprint density at radius 2 is 2.15 bits per heavy atom. The van der Waals surface area contributed by atoms with E-state index < -0.39 is 10.0 Å². The van der Waals surface area contributed by atoms with Crippen LogP contribution in [0.2, 0.25) is 0 Å². The second-order valence-corrected chi connectivity index (χ2v) is 7.11. The zero-order valence-electron chi connectivity index (χ0n) is 12.4. The topological polar surface area (TPSA) is 71.3 Å². The van der Waals surface area contributed by atoms with E-state index in [2.05, 4.69) is 17.0 Å². The van der Waals surface area contributed by atoms with Gasteiger partial charge in [0.2, 0.25) is 10.0 Å². The van der Waals surface area contributed by atoms with Gasteiger partial charge in [-0.2, -0.15) is 0 Å². The van der Waals surface area contributed by atoms with Crippen LogP contribution < -0.4 is 10.0 Å². The van der Waals surface area contributed by atoms with Crippen molar-refractivity contribution >= 4 is 10.0 Å². The number of aryl methyl sites for hydroxylation is 1. The summed E-state index contributed by atoms with van der Waals surface area (Å²) in [6.07, 6.45) is 3.14. The molecule has 2 unspecified atom stereocenters. The highest BCUT2D eigenvalue weighted by Gasteiger charge is 2.39. The molecule has 6 heteroatoms. The highest BCUT2D eigenvalue weighted by atomic mass is 32.2. The lowest BCUT2D eigenvalue weighted by molar-refractivity contribution is 0.460. The van der Waals surface area contributed by atoms with Crippen LogP contribution in [0.25, 0.3) is 0 Å². The van der Waals surface area contributed by atoms with Crippen LogP contribution in [0, 0.1) is 12.8 Å². The fourth-order valence-electron chi connectivity index (χ4n) is 2.47. The van der Waals surface area contributed by atoms with Crippen molar-refractivity contribution in [3.8, 4) is 0 Å². The third-order valence-corrected chi connectivity index (χ3v) is 5.25. The van der Waals surface area contributed by atoms with E-state index in [-0.39, 0.29) is 10.9 Å². The molecule has 20 heavy (non-hydrogen) atoms. The van der Waals surface area contributed by atoms with Crippen molar-refractivity contribution in [2.45, 2.75) is 57.5 Å². The quantitative estimate of drug-likeness (QED) is 0.772. The molecule has 1 aromatic rings. The first-order chi connectivity index (χ1) is 9.47. The summed E-state index contributed by atoms with van der Waals surface area (Å²) in [5.41, 5.74) is 0. The zero-order valence-corrected chi connectivity index (χ0v) is 13.2. The van der Waals surface area contributed by atoms with Gasteiger partial charge in [-0.3, -0.25) is 0 Å². The molecule has 1 fully saturated rings. The van der Waals surface area contributed by atoms with Gasteiger partial charge >= 0.3 is 0 Å². The summed E-state index contributed by atoms with van der Waals surface area (Å²) in [6, 6.07) is 1.73. The number of nitrogens with one attached hydrogen (secondary N) is 2. The molecule has 1 aliphatic carbocycles. The van der Waals surface area contributed by atoms with Gasteiger partial charge in [0.1, 0.15) is 16.4 Å². The molecule has 5 nitrogen and oxygen atoms in total. The van der Waals surface area contributed by atoms with E-state index in [4.69, 9.17) is 4.42 Å². The summed E-state index contributed by atoms with van der Waals surface area (Å²) in [5.74, 6) is 1.62. The first-order valence-electron chi connectivity index (χ1n) is 7.30. The molecule has 2 rings (SSSR count). The maximum atomic E-state index is 12.3. The van der Waals surface area contributed by atoms with Crippen LogP contribution in [0.3, 0.4) is 0 Å². The second-order valence-electron chi connectivity index (χ2n) is 5.43. The maximum Gasteiger partial charge on any atom is 0.244 e. The molecule has 0 amide bonds. The number of rotatable bonds is 8. The fraction of sp³-hybridized carbons (Fsp3) is 0.714. The lowest BCUT2D eigenvalue weighted by Crippen LogP contribution is -2.27. The third-order valence-electron chi connectivity index (χ3n) is 3.65.